The van der Waals surface area contributed by atoms with Gasteiger partial charge in [0.2, 0.25) is 5.91 Å². The molecular formula is C13H23NO3. The van der Waals surface area contributed by atoms with Gasteiger partial charge in [0.25, 0.3) is 0 Å². The first-order valence-electron chi connectivity index (χ1n) is 5.99. The van der Waals surface area contributed by atoms with Crippen molar-refractivity contribution in [3.05, 3.63) is 11.6 Å². The fraction of sp³-hybridized carbons (Fsp3) is 0.692. The molecule has 98 valence electrons. The van der Waals surface area contributed by atoms with Crippen molar-refractivity contribution < 1.29 is 14.3 Å². The molecule has 0 radical (unpaired) electrons. The predicted octanol–water partition coefficient (Wildman–Crippen LogP) is 2.14. The summed E-state index contributed by atoms with van der Waals surface area (Å²) in [6.07, 6.45) is 1.83. The minimum atomic E-state index is -0.261. The lowest BCUT2D eigenvalue weighted by molar-refractivity contribution is -0.144. The molecule has 0 rings (SSSR count). The number of carbonyl (C=O) groups excluding carboxylic acids is 2. The van der Waals surface area contributed by atoms with Crippen molar-refractivity contribution in [1.82, 2.24) is 4.90 Å². The normalized spacial score (nSPS) is 10.0. The lowest BCUT2D eigenvalue weighted by Gasteiger charge is -2.25. The molecular weight excluding hydrogens is 218 g/mol. The number of ether oxygens (including phenoxy) is 1. The van der Waals surface area contributed by atoms with E-state index in [9.17, 15) is 9.59 Å². The van der Waals surface area contributed by atoms with Crippen molar-refractivity contribution in [3.63, 3.8) is 0 Å². The molecule has 0 spiro atoms. The van der Waals surface area contributed by atoms with Crippen LogP contribution in [-0.2, 0) is 14.3 Å². The molecule has 0 aliphatic heterocycles. The van der Waals surface area contributed by atoms with E-state index < -0.39 is 0 Å². The zero-order chi connectivity index (χ0) is 13.4. The summed E-state index contributed by atoms with van der Waals surface area (Å²) in [5.41, 5.74) is 0.955. The SMILES string of the molecule is CCOC(=O)CCN(C(=O)C=C(C)C)C(C)C. The van der Waals surface area contributed by atoms with E-state index in [4.69, 9.17) is 4.74 Å². The first kappa shape index (κ1) is 15.7. The van der Waals surface area contributed by atoms with E-state index in [0.29, 0.717) is 13.2 Å². The number of amides is 1. The molecule has 1 amide bonds. The van der Waals surface area contributed by atoms with Gasteiger partial charge in [-0.2, -0.15) is 0 Å². The summed E-state index contributed by atoms with van der Waals surface area (Å²) in [5.74, 6) is -0.313. The number of hydrogen-bond donors (Lipinski definition) is 0. The second-order valence-corrected chi connectivity index (χ2v) is 4.40. The van der Waals surface area contributed by atoms with E-state index in [-0.39, 0.29) is 24.3 Å². The number of nitrogens with zero attached hydrogens (tertiary/aromatic N) is 1. The van der Waals surface area contributed by atoms with Gasteiger partial charge in [-0.15, -0.1) is 0 Å². The zero-order valence-electron chi connectivity index (χ0n) is 11.4. The molecule has 0 saturated carbocycles. The quantitative estimate of drug-likeness (QED) is 0.528. The molecule has 0 aliphatic carbocycles. The summed E-state index contributed by atoms with van der Waals surface area (Å²) in [5, 5.41) is 0. The number of esters is 1. The summed E-state index contributed by atoms with van der Waals surface area (Å²) in [7, 11) is 0. The molecule has 4 nitrogen and oxygen atoms in total. The molecule has 0 saturated heterocycles. The maximum absolute atomic E-state index is 11.9. The summed E-state index contributed by atoms with van der Waals surface area (Å²) in [6.45, 7) is 10.2. The molecule has 0 aliphatic rings. The molecule has 0 bridgehead atoms. The third-order valence-corrected chi connectivity index (χ3v) is 2.18. The van der Waals surface area contributed by atoms with Gasteiger partial charge in [0.1, 0.15) is 0 Å². The monoisotopic (exact) mass is 241 g/mol. The highest BCUT2D eigenvalue weighted by atomic mass is 16.5. The van der Waals surface area contributed by atoms with Gasteiger partial charge in [-0.05, 0) is 34.6 Å². The Morgan fingerprint density at radius 1 is 1.29 bits per heavy atom. The largest absolute Gasteiger partial charge is 0.466 e. The summed E-state index contributed by atoms with van der Waals surface area (Å²) < 4.78 is 4.84. The second-order valence-electron chi connectivity index (χ2n) is 4.40. The van der Waals surface area contributed by atoms with Gasteiger partial charge in [0, 0.05) is 18.7 Å². The van der Waals surface area contributed by atoms with Crippen LogP contribution in [0.5, 0.6) is 0 Å². The molecule has 0 atom stereocenters. The van der Waals surface area contributed by atoms with Gasteiger partial charge >= 0.3 is 5.97 Å². The van der Waals surface area contributed by atoms with Crippen molar-refractivity contribution >= 4 is 11.9 Å². The van der Waals surface area contributed by atoms with Crippen LogP contribution < -0.4 is 0 Å². The Kier molecular flexibility index (Phi) is 7.26. The fourth-order valence-corrected chi connectivity index (χ4v) is 1.40. The van der Waals surface area contributed by atoms with Crippen molar-refractivity contribution in [2.45, 2.75) is 47.1 Å². The number of allylic oxidation sites excluding steroid dienone is 1. The van der Waals surface area contributed by atoms with E-state index in [2.05, 4.69) is 0 Å². The van der Waals surface area contributed by atoms with Gasteiger partial charge in [-0.3, -0.25) is 9.59 Å². The number of rotatable bonds is 6. The molecule has 0 fully saturated rings. The lowest BCUT2D eigenvalue weighted by Crippen LogP contribution is -2.37. The third-order valence-electron chi connectivity index (χ3n) is 2.18. The number of hydrogen-bond acceptors (Lipinski definition) is 3. The first-order chi connectivity index (χ1) is 7.88. The van der Waals surface area contributed by atoms with E-state index in [1.165, 1.54) is 0 Å². The fourth-order valence-electron chi connectivity index (χ4n) is 1.40. The molecule has 0 heterocycles. The minimum absolute atomic E-state index is 0.0516. The average molecular weight is 241 g/mol. The standard InChI is InChI=1S/C13H23NO3/c1-6-17-13(16)7-8-14(11(4)5)12(15)9-10(2)3/h9,11H,6-8H2,1-5H3. The maximum atomic E-state index is 11.9. The minimum Gasteiger partial charge on any atom is -0.466 e. The second kappa shape index (κ2) is 7.87. The lowest BCUT2D eigenvalue weighted by atomic mass is 10.2. The summed E-state index contributed by atoms with van der Waals surface area (Å²) in [6, 6.07) is 0.0764. The van der Waals surface area contributed by atoms with Gasteiger partial charge in [0.15, 0.2) is 0 Å². The van der Waals surface area contributed by atoms with Gasteiger partial charge in [-0.1, -0.05) is 5.57 Å². The molecule has 0 aromatic rings. The van der Waals surface area contributed by atoms with Crippen LogP contribution in [0.1, 0.15) is 41.0 Å². The number of carbonyl (C=O) groups is 2. The Morgan fingerprint density at radius 3 is 2.29 bits per heavy atom. The maximum Gasteiger partial charge on any atom is 0.307 e. The van der Waals surface area contributed by atoms with Crippen molar-refractivity contribution in [2.75, 3.05) is 13.2 Å². The molecule has 4 heteroatoms. The van der Waals surface area contributed by atoms with Crippen molar-refractivity contribution in [3.8, 4) is 0 Å². The van der Waals surface area contributed by atoms with Crippen LogP contribution in [0.3, 0.4) is 0 Å². The van der Waals surface area contributed by atoms with Gasteiger partial charge in [0.05, 0.1) is 13.0 Å². The zero-order valence-corrected chi connectivity index (χ0v) is 11.4. The predicted molar refractivity (Wildman–Crippen MR) is 67.5 cm³/mol. The first-order valence-corrected chi connectivity index (χ1v) is 5.99. The Bertz CT molecular complexity index is 291. The van der Waals surface area contributed by atoms with Crippen LogP contribution in [0, 0.1) is 0 Å². The van der Waals surface area contributed by atoms with E-state index in [1.54, 1.807) is 17.9 Å². The smallest absolute Gasteiger partial charge is 0.307 e. The Morgan fingerprint density at radius 2 is 1.88 bits per heavy atom. The van der Waals surface area contributed by atoms with Gasteiger partial charge < -0.3 is 9.64 Å². The van der Waals surface area contributed by atoms with Crippen LogP contribution in [0.15, 0.2) is 11.6 Å². The highest BCUT2D eigenvalue weighted by Crippen LogP contribution is 2.04. The summed E-state index contributed by atoms with van der Waals surface area (Å²) in [4.78, 5) is 24.8. The molecule has 0 aromatic heterocycles. The Labute approximate surface area is 104 Å². The van der Waals surface area contributed by atoms with Gasteiger partial charge in [-0.25, -0.2) is 0 Å². The average Bonchev–Trinajstić information content (AvgIpc) is 2.16. The van der Waals surface area contributed by atoms with Crippen LogP contribution >= 0.6 is 0 Å². The van der Waals surface area contributed by atoms with Crippen molar-refractivity contribution in [1.29, 1.82) is 0 Å². The highest BCUT2D eigenvalue weighted by Gasteiger charge is 2.16. The molecule has 17 heavy (non-hydrogen) atoms. The van der Waals surface area contributed by atoms with Crippen LogP contribution in [0.25, 0.3) is 0 Å². The molecule has 0 unspecified atom stereocenters. The van der Waals surface area contributed by atoms with E-state index >= 15 is 0 Å². The van der Waals surface area contributed by atoms with Crippen LogP contribution in [-0.4, -0.2) is 36.0 Å². The summed E-state index contributed by atoms with van der Waals surface area (Å²) >= 11 is 0. The van der Waals surface area contributed by atoms with Crippen LogP contribution in [0.2, 0.25) is 0 Å². The van der Waals surface area contributed by atoms with E-state index in [0.717, 1.165) is 5.57 Å². The highest BCUT2D eigenvalue weighted by molar-refractivity contribution is 5.88. The Balaban J connectivity index is 4.40. The Hall–Kier alpha value is -1.32. The molecule has 0 aromatic carbocycles. The molecule has 0 N–H and O–H groups in total. The topological polar surface area (TPSA) is 46.6 Å². The van der Waals surface area contributed by atoms with E-state index in [1.807, 2.05) is 27.7 Å². The van der Waals surface area contributed by atoms with Crippen LogP contribution in [0.4, 0.5) is 0 Å². The third kappa shape index (κ3) is 6.76. The van der Waals surface area contributed by atoms with Crippen molar-refractivity contribution in [2.24, 2.45) is 0 Å².